The van der Waals surface area contributed by atoms with Gasteiger partial charge in [0.1, 0.15) is 0 Å². The average molecular weight is 402 g/mol. The van der Waals surface area contributed by atoms with Crippen LogP contribution in [0.15, 0.2) is 42.5 Å². The third-order valence-electron chi connectivity index (χ3n) is 5.13. The first-order valence-electron chi connectivity index (χ1n) is 9.01. The Hall–Kier alpha value is -1.85. The minimum atomic E-state index is 0.0149. The maximum Gasteiger partial charge on any atom is 0.260 e. The zero-order valence-corrected chi connectivity index (χ0v) is 16.7. The van der Waals surface area contributed by atoms with Crippen molar-refractivity contribution in [3.63, 3.8) is 0 Å². The summed E-state index contributed by atoms with van der Waals surface area (Å²) in [5, 5.41) is 1.32. The first-order chi connectivity index (χ1) is 13.0. The van der Waals surface area contributed by atoms with E-state index in [0.29, 0.717) is 22.3 Å². The van der Waals surface area contributed by atoms with E-state index in [2.05, 4.69) is 16.8 Å². The summed E-state index contributed by atoms with van der Waals surface area (Å²) in [6.45, 7) is 4.51. The van der Waals surface area contributed by atoms with E-state index in [9.17, 15) is 4.79 Å². The van der Waals surface area contributed by atoms with Crippen LogP contribution in [0, 0.1) is 0 Å². The van der Waals surface area contributed by atoms with Crippen LogP contribution in [-0.4, -0.2) is 55.6 Å². The number of benzene rings is 2. The fraction of sp³-hybridized carbons (Fsp3) is 0.286. The van der Waals surface area contributed by atoms with Gasteiger partial charge >= 0.3 is 0 Å². The SMILES string of the molecule is CN1CCN(CN2C(=O)C(=Cc3ccc(Cl)cc3)c3ccc(Cl)cc32)CC1. The van der Waals surface area contributed by atoms with Crippen LogP contribution in [0.25, 0.3) is 11.6 Å². The molecule has 1 saturated heterocycles. The van der Waals surface area contributed by atoms with E-state index in [1.807, 2.05) is 53.4 Å². The Morgan fingerprint density at radius 1 is 0.963 bits per heavy atom. The highest BCUT2D eigenvalue weighted by Gasteiger charge is 2.34. The van der Waals surface area contributed by atoms with Gasteiger partial charge in [-0.1, -0.05) is 41.4 Å². The van der Waals surface area contributed by atoms with Gasteiger partial charge in [-0.15, -0.1) is 0 Å². The highest BCUT2D eigenvalue weighted by atomic mass is 35.5. The zero-order valence-electron chi connectivity index (χ0n) is 15.2. The molecule has 6 heteroatoms. The number of likely N-dealkylation sites (N-methyl/N-ethyl adjacent to an activating group) is 1. The first kappa shape index (κ1) is 18.5. The van der Waals surface area contributed by atoms with Crippen molar-refractivity contribution in [3.05, 3.63) is 63.6 Å². The Kier molecular flexibility index (Phi) is 5.24. The monoisotopic (exact) mass is 401 g/mol. The van der Waals surface area contributed by atoms with E-state index in [4.69, 9.17) is 23.2 Å². The van der Waals surface area contributed by atoms with Crippen LogP contribution in [0.1, 0.15) is 11.1 Å². The van der Waals surface area contributed by atoms with Crippen molar-refractivity contribution in [2.75, 3.05) is 44.8 Å². The summed E-state index contributed by atoms with van der Waals surface area (Å²) in [6.07, 6.45) is 1.93. The normalized spacial score (nSPS) is 19.7. The van der Waals surface area contributed by atoms with Gasteiger partial charge in [-0.3, -0.25) is 14.6 Å². The molecule has 140 valence electrons. The minimum Gasteiger partial charge on any atom is -0.304 e. The van der Waals surface area contributed by atoms with Crippen LogP contribution in [0.2, 0.25) is 10.0 Å². The van der Waals surface area contributed by atoms with E-state index in [1.165, 1.54) is 0 Å². The Labute approximate surface area is 169 Å². The van der Waals surface area contributed by atoms with Gasteiger partial charge in [0, 0.05) is 47.4 Å². The number of amides is 1. The lowest BCUT2D eigenvalue weighted by Crippen LogP contribution is -2.49. The number of rotatable bonds is 3. The molecule has 2 heterocycles. The quantitative estimate of drug-likeness (QED) is 0.724. The second kappa shape index (κ2) is 7.64. The standard InChI is InChI=1S/C21H21Cl2N3O/c1-24-8-10-25(11-9-24)14-26-20-13-17(23)6-7-18(20)19(21(26)27)12-15-2-4-16(22)5-3-15/h2-7,12-13H,8-11,14H2,1H3. The van der Waals surface area contributed by atoms with Gasteiger partial charge < -0.3 is 4.90 Å². The predicted octanol–water partition coefficient (Wildman–Crippen LogP) is 4.09. The molecule has 0 atom stereocenters. The molecule has 0 N–H and O–H groups in total. The van der Waals surface area contributed by atoms with Crippen LogP contribution in [0.5, 0.6) is 0 Å². The molecule has 0 radical (unpaired) electrons. The maximum atomic E-state index is 13.2. The van der Waals surface area contributed by atoms with Crippen molar-refractivity contribution in [3.8, 4) is 0 Å². The maximum absolute atomic E-state index is 13.2. The number of anilines is 1. The number of hydrogen-bond donors (Lipinski definition) is 0. The smallest absolute Gasteiger partial charge is 0.260 e. The van der Waals surface area contributed by atoms with Crippen LogP contribution in [0.3, 0.4) is 0 Å². The number of halogens is 2. The lowest BCUT2D eigenvalue weighted by Gasteiger charge is -2.34. The van der Waals surface area contributed by atoms with Crippen LogP contribution in [-0.2, 0) is 4.79 Å². The predicted molar refractivity (Wildman–Crippen MR) is 112 cm³/mol. The number of piperazine rings is 1. The fourth-order valence-corrected chi connectivity index (χ4v) is 3.81. The van der Waals surface area contributed by atoms with E-state index in [0.717, 1.165) is 43.0 Å². The topological polar surface area (TPSA) is 26.8 Å². The van der Waals surface area contributed by atoms with E-state index in [-0.39, 0.29) is 5.91 Å². The summed E-state index contributed by atoms with van der Waals surface area (Å²) in [7, 11) is 2.13. The molecule has 0 spiro atoms. The van der Waals surface area contributed by atoms with E-state index >= 15 is 0 Å². The van der Waals surface area contributed by atoms with Gasteiger partial charge in [0.2, 0.25) is 0 Å². The molecule has 2 aliphatic heterocycles. The van der Waals surface area contributed by atoms with Crippen molar-refractivity contribution in [1.82, 2.24) is 9.80 Å². The average Bonchev–Trinajstić information content (AvgIpc) is 2.90. The van der Waals surface area contributed by atoms with Crippen LogP contribution < -0.4 is 4.90 Å². The largest absolute Gasteiger partial charge is 0.304 e. The Bertz CT molecular complexity index is 887. The van der Waals surface area contributed by atoms with Crippen LogP contribution in [0.4, 0.5) is 5.69 Å². The second-order valence-corrected chi connectivity index (χ2v) is 7.94. The number of carbonyl (C=O) groups excluding carboxylic acids is 1. The van der Waals surface area contributed by atoms with Crippen LogP contribution >= 0.6 is 23.2 Å². The molecule has 0 bridgehead atoms. The molecule has 4 nitrogen and oxygen atoms in total. The van der Waals surface area contributed by atoms with Gasteiger partial charge in [0.05, 0.1) is 12.4 Å². The van der Waals surface area contributed by atoms with Gasteiger partial charge in [-0.2, -0.15) is 0 Å². The summed E-state index contributed by atoms with van der Waals surface area (Å²) in [4.78, 5) is 19.7. The molecule has 0 saturated carbocycles. The van der Waals surface area contributed by atoms with Gasteiger partial charge in [0.15, 0.2) is 0 Å². The first-order valence-corrected chi connectivity index (χ1v) is 9.77. The fourth-order valence-electron chi connectivity index (χ4n) is 3.52. The number of fused-ring (bicyclic) bond motifs is 1. The molecule has 27 heavy (non-hydrogen) atoms. The molecular weight excluding hydrogens is 381 g/mol. The lowest BCUT2D eigenvalue weighted by atomic mass is 10.0. The lowest BCUT2D eigenvalue weighted by molar-refractivity contribution is -0.113. The molecule has 0 aromatic heterocycles. The Balaban J connectivity index is 1.66. The van der Waals surface area contributed by atoms with Gasteiger partial charge in [-0.05, 0) is 43.0 Å². The summed E-state index contributed by atoms with van der Waals surface area (Å²) < 4.78 is 0. The third kappa shape index (κ3) is 3.90. The highest BCUT2D eigenvalue weighted by molar-refractivity contribution is 6.37. The molecule has 2 aliphatic rings. The number of carbonyl (C=O) groups is 1. The zero-order chi connectivity index (χ0) is 19.0. The summed E-state index contributed by atoms with van der Waals surface area (Å²) in [5.74, 6) is 0.0149. The number of hydrogen-bond acceptors (Lipinski definition) is 3. The van der Waals surface area contributed by atoms with E-state index < -0.39 is 0 Å². The summed E-state index contributed by atoms with van der Waals surface area (Å²) >= 11 is 12.2. The Morgan fingerprint density at radius 2 is 1.63 bits per heavy atom. The summed E-state index contributed by atoms with van der Waals surface area (Å²) in [6, 6.07) is 13.1. The molecule has 1 fully saturated rings. The van der Waals surface area contributed by atoms with Crippen molar-refractivity contribution in [2.45, 2.75) is 0 Å². The van der Waals surface area contributed by atoms with Crippen molar-refractivity contribution < 1.29 is 4.79 Å². The van der Waals surface area contributed by atoms with Crippen molar-refractivity contribution in [1.29, 1.82) is 0 Å². The highest BCUT2D eigenvalue weighted by Crippen LogP contribution is 2.39. The molecule has 0 unspecified atom stereocenters. The molecule has 2 aromatic carbocycles. The number of nitrogens with zero attached hydrogens (tertiary/aromatic N) is 3. The van der Waals surface area contributed by atoms with Gasteiger partial charge in [0.25, 0.3) is 5.91 Å². The molecular formula is C21H21Cl2N3O. The Morgan fingerprint density at radius 3 is 2.33 bits per heavy atom. The minimum absolute atomic E-state index is 0.0149. The molecule has 2 aromatic rings. The van der Waals surface area contributed by atoms with E-state index in [1.54, 1.807) is 0 Å². The van der Waals surface area contributed by atoms with Gasteiger partial charge in [-0.25, -0.2) is 0 Å². The molecule has 0 aliphatic carbocycles. The second-order valence-electron chi connectivity index (χ2n) is 7.07. The third-order valence-corrected chi connectivity index (χ3v) is 5.62. The summed E-state index contributed by atoms with van der Waals surface area (Å²) in [5.41, 5.74) is 3.45. The molecule has 4 rings (SSSR count). The molecule has 1 amide bonds. The van der Waals surface area contributed by atoms with Crippen molar-refractivity contribution in [2.24, 2.45) is 0 Å². The van der Waals surface area contributed by atoms with Crippen molar-refractivity contribution >= 4 is 46.4 Å².